The first-order valence-electron chi connectivity index (χ1n) is 10.9. The summed E-state index contributed by atoms with van der Waals surface area (Å²) >= 11 is 1.15. The van der Waals surface area contributed by atoms with E-state index in [-0.39, 0.29) is 23.0 Å². The van der Waals surface area contributed by atoms with Crippen LogP contribution in [0.3, 0.4) is 0 Å². The van der Waals surface area contributed by atoms with Gasteiger partial charge in [0.25, 0.3) is 11.5 Å². The van der Waals surface area contributed by atoms with Crippen molar-refractivity contribution >= 4 is 34.3 Å². The Morgan fingerprint density at radius 3 is 2.49 bits per heavy atom. The molecule has 0 atom stereocenters. The predicted octanol–water partition coefficient (Wildman–Crippen LogP) is 4.12. The average Bonchev–Trinajstić information content (AvgIpc) is 2.89. The second-order valence-corrected chi connectivity index (χ2v) is 8.48. The first-order chi connectivity index (χ1) is 17.0. The number of ether oxygens (including phenoxy) is 1. The number of fused-ring (bicyclic) bond motifs is 1. The summed E-state index contributed by atoms with van der Waals surface area (Å²) in [7, 11) is 1.58. The number of para-hydroxylation sites is 1. The molecule has 9 heteroatoms. The van der Waals surface area contributed by atoms with E-state index in [1.807, 2.05) is 13.0 Å². The number of aromatic hydroxyl groups is 1. The Kier molecular flexibility index (Phi) is 7.47. The molecule has 8 nitrogen and oxygen atoms in total. The van der Waals surface area contributed by atoms with Gasteiger partial charge in [-0.05, 0) is 72.6 Å². The number of thioether (sulfide) groups is 1. The predicted molar refractivity (Wildman–Crippen MR) is 138 cm³/mol. The Labute approximate surface area is 206 Å². The van der Waals surface area contributed by atoms with Crippen molar-refractivity contribution in [2.75, 3.05) is 12.9 Å². The lowest BCUT2D eigenvalue weighted by Crippen LogP contribution is -2.24. The second-order valence-electron chi connectivity index (χ2n) is 7.53. The molecule has 0 unspecified atom stereocenters. The fourth-order valence-corrected chi connectivity index (χ4v) is 4.27. The summed E-state index contributed by atoms with van der Waals surface area (Å²) in [5.41, 5.74) is 5.03. The quantitative estimate of drug-likeness (QED) is 0.167. The molecule has 0 aliphatic rings. The maximum atomic E-state index is 13.3. The van der Waals surface area contributed by atoms with Gasteiger partial charge in [0.05, 0.1) is 35.2 Å². The highest BCUT2D eigenvalue weighted by atomic mass is 32.2. The molecule has 1 heterocycles. The third-order valence-electron chi connectivity index (χ3n) is 5.26. The standard InChI is InChI=1S/C26H24N4O4S/c1-3-22(17-8-12-19(31)13-9-17)28-29-24(32)16-35-26-27-23-7-5-4-6-21(23)25(33)30(26)18-10-14-20(34-2)15-11-18/h4-15,31H,3,16H2,1-2H3,(H,29,32)/b28-22-. The molecule has 0 saturated carbocycles. The van der Waals surface area contributed by atoms with E-state index in [2.05, 4.69) is 15.5 Å². The van der Waals surface area contributed by atoms with Gasteiger partial charge in [0, 0.05) is 0 Å². The normalized spacial score (nSPS) is 11.4. The topological polar surface area (TPSA) is 106 Å². The summed E-state index contributed by atoms with van der Waals surface area (Å²) in [5.74, 6) is 0.512. The molecule has 0 radical (unpaired) electrons. The number of aromatic nitrogens is 2. The largest absolute Gasteiger partial charge is 0.508 e. The minimum Gasteiger partial charge on any atom is -0.508 e. The van der Waals surface area contributed by atoms with Gasteiger partial charge in [0.2, 0.25) is 0 Å². The van der Waals surface area contributed by atoms with Crippen molar-refractivity contribution in [1.29, 1.82) is 0 Å². The third-order valence-corrected chi connectivity index (χ3v) is 6.20. The zero-order chi connectivity index (χ0) is 24.8. The number of nitrogens with one attached hydrogen (secondary N) is 1. The lowest BCUT2D eigenvalue weighted by molar-refractivity contribution is -0.118. The first kappa shape index (κ1) is 24.0. The summed E-state index contributed by atoms with van der Waals surface area (Å²) in [5, 5.41) is 14.6. The molecule has 0 bridgehead atoms. The Balaban J connectivity index is 1.58. The summed E-state index contributed by atoms with van der Waals surface area (Å²) < 4.78 is 6.72. The molecule has 1 aromatic heterocycles. The lowest BCUT2D eigenvalue weighted by atomic mass is 10.1. The molecular weight excluding hydrogens is 464 g/mol. The number of phenolic OH excluding ortho intramolecular Hbond substituents is 1. The summed E-state index contributed by atoms with van der Waals surface area (Å²) in [4.78, 5) is 30.6. The summed E-state index contributed by atoms with van der Waals surface area (Å²) in [6.45, 7) is 1.93. The molecule has 4 rings (SSSR count). The first-order valence-corrected chi connectivity index (χ1v) is 11.9. The zero-order valence-corrected chi connectivity index (χ0v) is 20.1. The Morgan fingerprint density at radius 2 is 1.80 bits per heavy atom. The number of hydrazone groups is 1. The minimum atomic E-state index is -0.330. The molecule has 2 N–H and O–H groups in total. The van der Waals surface area contributed by atoms with Crippen molar-refractivity contribution in [3.05, 3.63) is 88.7 Å². The molecule has 1 amide bonds. The Hall–Kier alpha value is -4.11. The molecule has 0 aliphatic carbocycles. The molecular formula is C26H24N4O4S. The SMILES string of the molecule is CC/C(=N/NC(=O)CSc1nc2ccccc2c(=O)n1-c1ccc(OC)cc1)c1ccc(O)cc1. The van der Waals surface area contributed by atoms with Crippen molar-refractivity contribution in [3.63, 3.8) is 0 Å². The Bertz CT molecular complexity index is 1430. The van der Waals surface area contributed by atoms with E-state index in [1.165, 1.54) is 4.57 Å². The van der Waals surface area contributed by atoms with E-state index < -0.39 is 0 Å². The molecule has 0 spiro atoms. The van der Waals surface area contributed by atoms with E-state index in [1.54, 1.807) is 73.8 Å². The number of carbonyl (C=O) groups is 1. The second kappa shape index (κ2) is 10.9. The maximum Gasteiger partial charge on any atom is 0.266 e. The van der Waals surface area contributed by atoms with Gasteiger partial charge in [-0.25, -0.2) is 10.4 Å². The van der Waals surface area contributed by atoms with E-state index in [9.17, 15) is 14.7 Å². The monoisotopic (exact) mass is 488 g/mol. The van der Waals surface area contributed by atoms with E-state index in [4.69, 9.17) is 4.74 Å². The van der Waals surface area contributed by atoms with Crippen molar-refractivity contribution in [3.8, 4) is 17.2 Å². The number of methoxy groups -OCH3 is 1. The molecule has 0 fully saturated rings. The fourth-order valence-electron chi connectivity index (χ4n) is 3.46. The van der Waals surface area contributed by atoms with Crippen LogP contribution in [0.2, 0.25) is 0 Å². The smallest absolute Gasteiger partial charge is 0.266 e. The number of carbonyl (C=O) groups excluding carboxylic acids is 1. The molecule has 0 saturated heterocycles. The van der Waals surface area contributed by atoms with Gasteiger partial charge < -0.3 is 9.84 Å². The number of rotatable bonds is 8. The van der Waals surface area contributed by atoms with E-state index in [0.717, 1.165) is 17.3 Å². The maximum absolute atomic E-state index is 13.3. The molecule has 0 aliphatic heterocycles. The van der Waals surface area contributed by atoms with Gasteiger partial charge in [-0.3, -0.25) is 14.2 Å². The molecule has 3 aromatic carbocycles. The molecule has 4 aromatic rings. The number of benzene rings is 3. The van der Waals surface area contributed by atoms with Crippen LogP contribution in [0.15, 0.2) is 87.8 Å². The number of hydrogen-bond acceptors (Lipinski definition) is 7. The van der Waals surface area contributed by atoms with Crippen molar-refractivity contribution in [2.45, 2.75) is 18.5 Å². The van der Waals surface area contributed by atoms with Gasteiger partial charge in [-0.15, -0.1) is 0 Å². The van der Waals surface area contributed by atoms with Gasteiger partial charge >= 0.3 is 0 Å². The van der Waals surface area contributed by atoms with Crippen LogP contribution in [0.25, 0.3) is 16.6 Å². The van der Waals surface area contributed by atoms with Gasteiger partial charge in [-0.1, -0.05) is 30.8 Å². The van der Waals surface area contributed by atoms with Crippen molar-refractivity contribution < 1.29 is 14.6 Å². The average molecular weight is 489 g/mol. The third kappa shape index (κ3) is 5.52. The van der Waals surface area contributed by atoms with Crippen LogP contribution in [0.1, 0.15) is 18.9 Å². The van der Waals surface area contributed by atoms with Crippen LogP contribution >= 0.6 is 11.8 Å². The molecule has 178 valence electrons. The van der Waals surface area contributed by atoms with Crippen LogP contribution in [-0.2, 0) is 4.79 Å². The summed E-state index contributed by atoms with van der Waals surface area (Å²) in [6.07, 6.45) is 0.599. The number of phenols is 1. The highest BCUT2D eigenvalue weighted by Crippen LogP contribution is 2.23. The van der Waals surface area contributed by atoms with Crippen molar-refractivity contribution in [2.24, 2.45) is 5.10 Å². The van der Waals surface area contributed by atoms with E-state index >= 15 is 0 Å². The number of hydrogen-bond donors (Lipinski definition) is 2. The molecule has 35 heavy (non-hydrogen) atoms. The van der Waals surface area contributed by atoms with Gasteiger partial charge in [0.1, 0.15) is 11.5 Å². The summed E-state index contributed by atoms with van der Waals surface area (Å²) in [6, 6.07) is 20.8. The highest BCUT2D eigenvalue weighted by molar-refractivity contribution is 7.99. The van der Waals surface area contributed by atoms with Crippen LogP contribution in [0.5, 0.6) is 11.5 Å². The fraction of sp³-hybridized carbons (Fsp3) is 0.154. The highest BCUT2D eigenvalue weighted by Gasteiger charge is 2.15. The van der Waals surface area contributed by atoms with Gasteiger partial charge in [-0.2, -0.15) is 5.10 Å². The van der Waals surface area contributed by atoms with Crippen LogP contribution in [-0.4, -0.2) is 39.1 Å². The van der Waals surface area contributed by atoms with Crippen LogP contribution in [0.4, 0.5) is 0 Å². The van der Waals surface area contributed by atoms with Crippen molar-refractivity contribution in [1.82, 2.24) is 15.0 Å². The van der Waals surface area contributed by atoms with Gasteiger partial charge in [0.15, 0.2) is 5.16 Å². The Morgan fingerprint density at radius 1 is 1.09 bits per heavy atom. The van der Waals surface area contributed by atoms with Crippen LogP contribution in [0, 0.1) is 0 Å². The lowest BCUT2D eigenvalue weighted by Gasteiger charge is -2.13. The zero-order valence-electron chi connectivity index (χ0n) is 19.3. The minimum absolute atomic E-state index is 0.0109. The number of amides is 1. The number of nitrogens with zero attached hydrogens (tertiary/aromatic N) is 3. The van der Waals surface area contributed by atoms with E-state index in [0.29, 0.717) is 39.6 Å². The van der Waals surface area contributed by atoms with Crippen LogP contribution < -0.4 is 15.7 Å².